The molecule has 0 saturated heterocycles. The predicted molar refractivity (Wildman–Crippen MR) is 137 cm³/mol. The molecule has 35 heavy (non-hydrogen) atoms. The molecule has 2 aromatic carbocycles. The van der Waals surface area contributed by atoms with Crippen LogP contribution in [0.25, 0.3) is 0 Å². The van der Waals surface area contributed by atoms with E-state index in [0.29, 0.717) is 11.4 Å². The predicted octanol–water partition coefficient (Wildman–Crippen LogP) is 4.14. The third-order valence-corrected chi connectivity index (χ3v) is 8.51. The summed E-state index contributed by atoms with van der Waals surface area (Å²) in [7, 11) is -2.48. The minimum absolute atomic E-state index is 0.119. The molecule has 3 rings (SSSR count). The van der Waals surface area contributed by atoms with E-state index >= 15 is 0 Å². The lowest BCUT2D eigenvalue weighted by Crippen LogP contribution is -2.53. The van der Waals surface area contributed by atoms with E-state index in [1.807, 2.05) is 13.8 Å². The summed E-state index contributed by atoms with van der Waals surface area (Å²) in [4.78, 5) is 28.3. The van der Waals surface area contributed by atoms with Crippen LogP contribution in [0, 0.1) is 6.92 Å². The van der Waals surface area contributed by atoms with Gasteiger partial charge in [-0.2, -0.15) is 4.31 Å². The van der Waals surface area contributed by atoms with Crippen LogP contribution in [0.15, 0.2) is 53.4 Å². The zero-order valence-electron chi connectivity index (χ0n) is 20.5. The fourth-order valence-corrected chi connectivity index (χ4v) is 5.58. The zero-order chi connectivity index (χ0) is 25.6. The van der Waals surface area contributed by atoms with Crippen LogP contribution in [0.2, 0.25) is 5.02 Å². The van der Waals surface area contributed by atoms with E-state index in [0.717, 1.165) is 41.1 Å². The third kappa shape index (κ3) is 7.06. The van der Waals surface area contributed by atoms with Crippen molar-refractivity contribution >= 4 is 33.4 Å². The second-order valence-corrected chi connectivity index (χ2v) is 11.6. The maximum atomic E-state index is 13.5. The first-order valence-electron chi connectivity index (χ1n) is 12.0. The number of amides is 2. The Balaban J connectivity index is 1.83. The van der Waals surface area contributed by atoms with E-state index in [9.17, 15) is 18.0 Å². The molecule has 1 N–H and O–H groups in total. The molecule has 1 saturated carbocycles. The summed E-state index contributed by atoms with van der Waals surface area (Å²) in [5.74, 6) is -0.641. The number of rotatable bonds is 10. The number of halogens is 1. The normalized spacial score (nSPS) is 15.2. The number of nitrogens with one attached hydrogen (secondary N) is 1. The van der Waals surface area contributed by atoms with E-state index in [-0.39, 0.29) is 29.9 Å². The second kappa shape index (κ2) is 12.0. The van der Waals surface area contributed by atoms with E-state index in [4.69, 9.17) is 11.6 Å². The summed E-state index contributed by atoms with van der Waals surface area (Å²) in [6.07, 6.45) is 4.44. The van der Waals surface area contributed by atoms with E-state index in [1.54, 1.807) is 36.4 Å². The van der Waals surface area contributed by atoms with E-state index < -0.39 is 22.0 Å². The Labute approximate surface area is 213 Å². The van der Waals surface area contributed by atoms with Crippen LogP contribution in [0.3, 0.4) is 0 Å². The molecule has 2 aromatic rings. The van der Waals surface area contributed by atoms with Gasteiger partial charge in [0.15, 0.2) is 0 Å². The number of sulfonamides is 1. The van der Waals surface area contributed by atoms with Crippen LogP contribution in [0.5, 0.6) is 0 Å². The molecule has 7 nitrogen and oxygen atoms in total. The molecule has 0 unspecified atom stereocenters. The molecule has 0 aromatic heterocycles. The molecule has 1 aliphatic carbocycles. The molecule has 0 spiro atoms. The van der Waals surface area contributed by atoms with Gasteiger partial charge in [0.2, 0.25) is 21.8 Å². The van der Waals surface area contributed by atoms with Gasteiger partial charge in [0.25, 0.3) is 0 Å². The van der Waals surface area contributed by atoms with Gasteiger partial charge in [-0.1, -0.05) is 61.2 Å². The summed E-state index contributed by atoms with van der Waals surface area (Å²) in [5, 5.41) is 3.66. The van der Waals surface area contributed by atoms with Crippen molar-refractivity contribution in [2.24, 2.45) is 0 Å². The fraction of sp³-hybridized carbons (Fsp3) is 0.462. The average Bonchev–Trinajstić information content (AvgIpc) is 3.33. The van der Waals surface area contributed by atoms with Gasteiger partial charge in [0.1, 0.15) is 6.04 Å². The highest BCUT2D eigenvalue weighted by Gasteiger charge is 2.33. The number of hydrogen-bond acceptors (Lipinski definition) is 4. The summed E-state index contributed by atoms with van der Waals surface area (Å²) in [6, 6.07) is 13.0. The molecule has 0 heterocycles. The van der Waals surface area contributed by atoms with Gasteiger partial charge in [0.05, 0.1) is 11.4 Å². The van der Waals surface area contributed by atoms with Crippen LogP contribution in [-0.4, -0.2) is 55.1 Å². The van der Waals surface area contributed by atoms with Gasteiger partial charge < -0.3 is 10.2 Å². The van der Waals surface area contributed by atoms with Gasteiger partial charge in [-0.25, -0.2) is 8.42 Å². The summed E-state index contributed by atoms with van der Waals surface area (Å²) < 4.78 is 27.2. The van der Waals surface area contributed by atoms with Crippen molar-refractivity contribution in [3.8, 4) is 0 Å². The molecule has 0 bridgehead atoms. The molecule has 190 valence electrons. The molecule has 1 atom stereocenters. The quantitative estimate of drug-likeness (QED) is 0.511. The first kappa shape index (κ1) is 27.2. The van der Waals surface area contributed by atoms with Crippen molar-refractivity contribution in [2.75, 3.05) is 13.6 Å². The number of aryl methyl sites for hydroxylation is 1. The number of carbonyl (C=O) groups is 2. The monoisotopic (exact) mass is 519 g/mol. The highest BCUT2D eigenvalue weighted by atomic mass is 35.5. The minimum Gasteiger partial charge on any atom is -0.352 e. The van der Waals surface area contributed by atoms with Gasteiger partial charge in [0, 0.05) is 24.7 Å². The SMILES string of the molecule is CC[C@@H](C(=O)NC1CCCC1)N(Cc1ccc(Cl)cc1)C(=O)CN(C)S(=O)(=O)c1ccc(C)cc1. The second-order valence-electron chi connectivity index (χ2n) is 9.14. The Hall–Kier alpha value is -2.42. The van der Waals surface area contributed by atoms with Crippen molar-refractivity contribution in [1.29, 1.82) is 0 Å². The smallest absolute Gasteiger partial charge is 0.243 e. The third-order valence-electron chi connectivity index (χ3n) is 6.44. The lowest BCUT2D eigenvalue weighted by Gasteiger charge is -2.32. The molecule has 0 radical (unpaired) electrons. The Morgan fingerprint density at radius 2 is 1.66 bits per heavy atom. The molecule has 0 aliphatic heterocycles. The molecule has 1 aliphatic rings. The van der Waals surface area contributed by atoms with Crippen molar-refractivity contribution in [1.82, 2.24) is 14.5 Å². The Morgan fingerprint density at radius 1 is 1.06 bits per heavy atom. The van der Waals surface area contributed by atoms with E-state index in [2.05, 4.69) is 5.32 Å². The standard InChI is InChI=1S/C26H34ClN3O4S/c1-4-24(26(32)28-22-7-5-6-8-22)30(17-20-11-13-21(27)14-12-20)25(31)18-29(3)35(33,34)23-15-9-19(2)10-16-23/h9-16,22,24H,4-8,17-18H2,1-3H3,(H,28,32)/t24-/m0/s1. The maximum Gasteiger partial charge on any atom is 0.243 e. The number of benzene rings is 2. The van der Waals surface area contributed by atoms with Crippen molar-refractivity contribution in [2.45, 2.75) is 69.5 Å². The average molecular weight is 520 g/mol. The molecule has 2 amide bonds. The van der Waals surface area contributed by atoms with Crippen molar-refractivity contribution < 1.29 is 18.0 Å². The largest absolute Gasteiger partial charge is 0.352 e. The van der Waals surface area contributed by atoms with Crippen molar-refractivity contribution in [3.63, 3.8) is 0 Å². The molecular formula is C26H34ClN3O4S. The van der Waals surface area contributed by atoms with Crippen LogP contribution in [0.4, 0.5) is 0 Å². The number of nitrogens with zero attached hydrogens (tertiary/aromatic N) is 2. The highest BCUT2D eigenvalue weighted by Crippen LogP contribution is 2.21. The minimum atomic E-state index is -3.87. The van der Waals surface area contributed by atoms with Gasteiger partial charge in [-0.05, 0) is 56.0 Å². The fourth-order valence-electron chi connectivity index (χ4n) is 4.33. The summed E-state index contributed by atoms with van der Waals surface area (Å²) in [5.41, 5.74) is 1.75. The van der Waals surface area contributed by atoms with Crippen molar-refractivity contribution in [3.05, 3.63) is 64.7 Å². The van der Waals surface area contributed by atoms with Gasteiger partial charge in [-0.15, -0.1) is 0 Å². The van der Waals surface area contributed by atoms with Crippen LogP contribution < -0.4 is 5.32 Å². The first-order valence-corrected chi connectivity index (χ1v) is 13.8. The zero-order valence-corrected chi connectivity index (χ0v) is 22.1. The Bertz CT molecular complexity index is 1110. The maximum absolute atomic E-state index is 13.5. The Kier molecular flexibility index (Phi) is 9.33. The van der Waals surface area contributed by atoms with Crippen LogP contribution in [0.1, 0.15) is 50.2 Å². The molecule has 9 heteroatoms. The van der Waals surface area contributed by atoms with Gasteiger partial charge in [-0.3, -0.25) is 9.59 Å². The first-order chi connectivity index (χ1) is 16.6. The highest BCUT2D eigenvalue weighted by molar-refractivity contribution is 7.89. The summed E-state index contributed by atoms with van der Waals surface area (Å²) >= 11 is 6.02. The lowest BCUT2D eigenvalue weighted by atomic mass is 10.1. The van der Waals surface area contributed by atoms with Crippen LogP contribution in [-0.2, 0) is 26.2 Å². The molecule has 1 fully saturated rings. The number of likely N-dealkylation sites (N-methyl/N-ethyl adjacent to an activating group) is 1. The van der Waals surface area contributed by atoms with Gasteiger partial charge >= 0.3 is 0 Å². The number of carbonyl (C=O) groups excluding carboxylic acids is 2. The molecular weight excluding hydrogens is 486 g/mol. The topological polar surface area (TPSA) is 86.8 Å². The van der Waals surface area contributed by atoms with E-state index in [1.165, 1.54) is 24.1 Å². The lowest BCUT2D eigenvalue weighted by molar-refractivity contribution is -0.141. The Morgan fingerprint density at radius 3 is 2.23 bits per heavy atom. The van der Waals surface area contributed by atoms with Crippen LogP contribution >= 0.6 is 11.6 Å². The number of hydrogen-bond donors (Lipinski definition) is 1. The summed E-state index contributed by atoms with van der Waals surface area (Å²) in [6.45, 7) is 3.52.